The molecule has 0 spiro atoms. The molecule has 2 atom stereocenters. The number of aliphatic carboxylic acids is 1. The Kier molecular flexibility index (Phi) is 5.88. The van der Waals surface area contributed by atoms with E-state index in [0.717, 1.165) is 0 Å². The average molecular weight is 287 g/mol. The molecule has 0 bridgehead atoms. The van der Waals surface area contributed by atoms with Gasteiger partial charge in [0.05, 0.1) is 5.92 Å². The van der Waals surface area contributed by atoms with E-state index >= 15 is 0 Å². The summed E-state index contributed by atoms with van der Waals surface area (Å²) in [5.41, 5.74) is 0.605. The molecule has 1 N–H and O–H groups in total. The van der Waals surface area contributed by atoms with Crippen LogP contribution in [0.4, 0.5) is 8.78 Å². The first kappa shape index (κ1) is 16.4. The molecule has 0 saturated heterocycles. The van der Waals surface area contributed by atoms with Gasteiger partial charge in [0.15, 0.2) is 0 Å². The van der Waals surface area contributed by atoms with Crippen molar-refractivity contribution < 1.29 is 23.4 Å². The topological polar surface area (TPSA) is 49.8 Å². The van der Waals surface area contributed by atoms with E-state index in [-0.39, 0.29) is 11.8 Å². The van der Waals surface area contributed by atoms with Gasteiger partial charge >= 0.3 is 12.6 Å². The zero-order valence-electron chi connectivity index (χ0n) is 11.7. The van der Waals surface area contributed by atoms with Crippen molar-refractivity contribution in [3.8, 4) is 5.75 Å². The van der Waals surface area contributed by atoms with E-state index in [4.69, 9.17) is 5.11 Å². The summed E-state index contributed by atoms with van der Waals surface area (Å²) in [4.78, 5) is 12.7. The fraction of sp³-hybridized carbons (Fsp3) is 0.500. The Balaban J connectivity index is 2.85. The molecule has 6 heteroatoms. The lowest BCUT2D eigenvalue weighted by atomic mass is 10.0. The monoisotopic (exact) mass is 287 g/mol. The number of alkyl halides is 2. The maximum absolute atomic E-state index is 12.4. The highest BCUT2D eigenvalue weighted by molar-refractivity contribution is 5.69. The van der Waals surface area contributed by atoms with Crippen LogP contribution in [0.25, 0.3) is 0 Å². The molecule has 20 heavy (non-hydrogen) atoms. The zero-order chi connectivity index (χ0) is 15.3. The van der Waals surface area contributed by atoms with Gasteiger partial charge in [-0.3, -0.25) is 9.69 Å². The van der Waals surface area contributed by atoms with Crippen LogP contribution >= 0.6 is 0 Å². The Morgan fingerprint density at radius 2 is 1.95 bits per heavy atom. The molecule has 0 aliphatic heterocycles. The summed E-state index contributed by atoms with van der Waals surface area (Å²) in [5, 5.41) is 8.91. The first-order valence-electron chi connectivity index (χ1n) is 6.29. The van der Waals surface area contributed by atoms with Gasteiger partial charge < -0.3 is 9.84 Å². The lowest BCUT2D eigenvalue weighted by Gasteiger charge is -2.27. The summed E-state index contributed by atoms with van der Waals surface area (Å²) in [6, 6.07) is 6.30. The summed E-state index contributed by atoms with van der Waals surface area (Å²) in [6.07, 6.45) is 0. The summed E-state index contributed by atoms with van der Waals surface area (Å²) in [7, 11) is 1.75. The van der Waals surface area contributed by atoms with Gasteiger partial charge in [0, 0.05) is 18.2 Å². The van der Waals surface area contributed by atoms with Gasteiger partial charge in [0.2, 0.25) is 0 Å². The molecule has 0 amide bonds. The smallest absolute Gasteiger partial charge is 0.387 e. The summed E-state index contributed by atoms with van der Waals surface area (Å²) < 4.78 is 29.2. The van der Waals surface area contributed by atoms with Gasteiger partial charge in [0.25, 0.3) is 0 Å². The number of carbonyl (C=O) groups is 1. The SMILES string of the molecule is CC(CN(C)C(C)c1ccccc1OC(F)F)C(=O)O. The standard InChI is InChI=1S/C14H19F2NO3/c1-9(13(18)19)8-17(3)10(2)11-6-4-5-7-12(11)20-14(15)16/h4-7,9-10,14H,8H2,1-3H3,(H,18,19). The molecule has 112 valence electrons. The van der Waals surface area contributed by atoms with Crippen molar-refractivity contribution in [2.45, 2.75) is 26.5 Å². The first-order valence-corrected chi connectivity index (χ1v) is 6.29. The van der Waals surface area contributed by atoms with Crippen molar-refractivity contribution in [2.75, 3.05) is 13.6 Å². The van der Waals surface area contributed by atoms with Crippen molar-refractivity contribution in [1.82, 2.24) is 4.90 Å². The third-order valence-electron chi connectivity index (χ3n) is 3.23. The number of carboxylic acids is 1. The number of rotatable bonds is 7. The number of nitrogens with zero attached hydrogens (tertiary/aromatic N) is 1. The Morgan fingerprint density at radius 3 is 2.50 bits per heavy atom. The molecule has 0 heterocycles. The van der Waals surface area contributed by atoms with Crippen LogP contribution in [-0.2, 0) is 4.79 Å². The molecule has 4 nitrogen and oxygen atoms in total. The zero-order valence-corrected chi connectivity index (χ0v) is 11.7. The molecule has 1 rings (SSSR count). The van der Waals surface area contributed by atoms with Crippen molar-refractivity contribution >= 4 is 5.97 Å². The van der Waals surface area contributed by atoms with Crippen LogP contribution in [0.2, 0.25) is 0 Å². The Hall–Kier alpha value is -1.69. The van der Waals surface area contributed by atoms with Crippen LogP contribution in [0.1, 0.15) is 25.5 Å². The van der Waals surface area contributed by atoms with Crippen LogP contribution in [0.3, 0.4) is 0 Å². The molecule has 0 aliphatic rings. The van der Waals surface area contributed by atoms with Crippen LogP contribution in [-0.4, -0.2) is 36.2 Å². The first-order chi connectivity index (χ1) is 9.32. The molecule has 0 radical (unpaired) electrons. The predicted octanol–water partition coefficient (Wildman–Crippen LogP) is 3.00. The summed E-state index contributed by atoms with van der Waals surface area (Å²) >= 11 is 0. The van der Waals surface area contributed by atoms with Gasteiger partial charge in [-0.05, 0) is 20.0 Å². The van der Waals surface area contributed by atoms with Gasteiger partial charge in [-0.25, -0.2) is 0 Å². The minimum Gasteiger partial charge on any atom is -0.481 e. The molecule has 1 aromatic rings. The molecule has 0 aliphatic carbocycles. The van der Waals surface area contributed by atoms with Gasteiger partial charge in [0.1, 0.15) is 5.75 Å². The minimum absolute atomic E-state index is 0.116. The number of para-hydroxylation sites is 1. The van der Waals surface area contributed by atoms with Crippen molar-refractivity contribution in [3.05, 3.63) is 29.8 Å². The van der Waals surface area contributed by atoms with Crippen LogP contribution in [0.15, 0.2) is 24.3 Å². The largest absolute Gasteiger partial charge is 0.481 e. The number of halogens is 2. The normalized spacial score (nSPS) is 14.3. The Labute approximate surface area is 117 Å². The number of hydrogen-bond donors (Lipinski definition) is 1. The molecule has 1 aromatic carbocycles. The highest BCUT2D eigenvalue weighted by Crippen LogP contribution is 2.29. The fourth-order valence-corrected chi connectivity index (χ4v) is 1.93. The highest BCUT2D eigenvalue weighted by Gasteiger charge is 2.21. The van der Waals surface area contributed by atoms with Gasteiger partial charge in [-0.2, -0.15) is 8.78 Å². The van der Waals surface area contributed by atoms with Gasteiger partial charge in [-0.15, -0.1) is 0 Å². The lowest BCUT2D eigenvalue weighted by molar-refractivity contribution is -0.141. The maximum Gasteiger partial charge on any atom is 0.387 e. The maximum atomic E-state index is 12.4. The van der Waals surface area contributed by atoms with Crippen molar-refractivity contribution in [3.63, 3.8) is 0 Å². The Bertz CT molecular complexity index is 454. The van der Waals surface area contributed by atoms with E-state index in [1.54, 1.807) is 37.1 Å². The molecule has 0 aromatic heterocycles. The van der Waals surface area contributed by atoms with Gasteiger partial charge in [-0.1, -0.05) is 25.1 Å². The number of hydrogen-bond acceptors (Lipinski definition) is 3. The van der Waals surface area contributed by atoms with E-state index in [1.165, 1.54) is 6.07 Å². The van der Waals surface area contributed by atoms with E-state index in [0.29, 0.717) is 12.1 Å². The third kappa shape index (κ3) is 4.45. The minimum atomic E-state index is -2.88. The summed E-state index contributed by atoms with van der Waals surface area (Å²) in [6.45, 7) is 0.862. The van der Waals surface area contributed by atoms with Crippen LogP contribution in [0.5, 0.6) is 5.75 Å². The number of carboxylic acid groups (broad SMARTS) is 1. The molecule has 0 saturated carbocycles. The van der Waals surface area contributed by atoms with E-state index in [1.807, 2.05) is 6.92 Å². The quantitative estimate of drug-likeness (QED) is 0.837. The second-order valence-corrected chi connectivity index (χ2v) is 4.77. The molecule has 2 unspecified atom stereocenters. The number of ether oxygens (including phenoxy) is 1. The van der Waals surface area contributed by atoms with Crippen LogP contribution in [0, 0.1) is 5.92 Å². The fourth-order valence-electron chi connectivity index (χ4n) is 1.93. The second kappa shape index (κ2) is 7.19. The summed E-state index contributed by atoms with van der Waals surface area (Å²) in [5.74, 6) is -1.31. The third-order valence-corrected chi connectivity index (χ3v) is 3.23. The Morgan fingerprint density at radius 1 is 1.35 bits per heavy atom. The van der Waals surface area contributed by atoms with E-state index in [9.17, 15) is 13.6 Å². The lowest BCUT2D eigenvalue weighted by Crippen LogP contribution is -2.31. The molecular weight excluding hydrogens is 268 g/mol. The molecule has 0 fully saturated rings. The average Bonchev–Trinajstić information content (AvgIpc) is 2.37. The number of benzene rings is 1. The highest BCUT2D eigenvalue weighted by atomic mass is 19.3. The van der Waals surface area contributed by atoms with Crippen molar-refractivity contribution in [1.29, 1.82) is 0 Å². The van der Waals surface area contributed by atoms with E-state index < -0.39 is 18.5 Å². The second-order valence-electron chi connectivity index (χ2n) is 4.77. The molecular formula is C14H19F2NO3. The van der Waals surface area contributed by atoms with Crippen molar-refractivity contribution in [2.24, 2.45) is 5.92 Å². The van der Waals surface area contributed by atoms with E-state index in [2.05, 4.69) is 4.74 Å². The van der Waals surface area contributed by atoms with Crippen LogP contribution < -0.4 is 4.74 Å². The predicted molar refractivity (Wildman–Crippen MR) is 70.9 cm³/mol.